The van der Waals surface area contributed by atoms with E-state index in [4.69, 9.17) is 0 Å². The van der Waals surface area contributed by atoms with Gasteiger partial charge in [-0.1, -0.05) is 30.3 Å². The molecule has 2 aromatic carbocycles. The molecule has 0 saturated carbocycles. The van der Waals surface area contributed by atoms with Crippen molar-refractivity contribution in [1.29, 1.82) is 0 Å². The van der Waals surface area contributed by atoms with Crippen LogP contribution in [0.4, 0.5) is 4.79 Å². The van der Waals surface area contributed by atoms with Gasteiger partial charge >= 0.3 is 12.1 Å². The highest BCUT2D eigenvalue weighted by molar-refractivity contribution is 7.90. The van der Waals surface area contributed by atoms with Crippen molar-refractivity contribution in [3.05, 3.63) is 66.4 Å². The van der Waals surface area contributed by atoms with Crippen LogP contribution in [0.2, 0.25) is 0 Å². The molecule has 0 bridgehead atoms. The third kappa shape index (κ3) is 3.80. The van der Waals surface area contributed by atoms with Crippen molar-refractivity contribution in [3.8, 4) is 0 Å². The van der Waals surface area contributed by atoms with Crippen molar-refractivity contribution in [2.24, 2.45) is 0 Å². The SMILES string of the molecule is CC(C)(C)[N+]1(C(=O)O)CCN(Cc2cccc3c2ccn3S(=O)(=O)c2ccccc2)CC1(C)C(=O)O. The number of aliphatic carboxylic acids is 1. The Morgan fingerprint density at radius 2 is 1.69 bits per heavy atom. The minimum absolute atomic E-state index is 0.0330. The first-order valence-electron chi connectivity index (χ1n) is 11.7. The number of carboxylic acid groups (broad SMARTS) is 2. The zero-order chi connectivity index (χ0) is 26.5. The fraction of sp³-hybridized carbons (Fsp3) is 0.385. The van der Waals surface area contributed by atoms with Crippen molar-refractivity contribution in [1.82, 2.24) is 8.87 Å². The number of quaternary nitrogens is 1. The molecule has 0 spiro atoms. The third-order valence-corrected chi connectivity index (χ3v) is 9.24. The van der Waals surface area contributed by atoms with E-state index in [9.17, 15) is 28.2 Å². The number of hydrogen-bond acceptors (Lipinski definition) is 5. The summed E-state index contributed by atoms with van der Waals surface area (Å²) < 4.78 is 27.1. The number of aromatic nitrogens is 1. The van der Waals surface area contributed by atoms with E-state index in [2.05, 4.69) is 0 Å². The lowest BCUT2D eigenvalue weighted by atomic mass is 9.85. The Hall–Kier alpha value is -3.21. The molecule has 2 atom stereocenters. The summed E-state index contributed by atoms with van der Waals surface area (Å²) in [5.41, 5.74) is -1.06. The number of carbonyl (C=O) groups is 2. The van der Waals surface area contributed by atoms with Gasteiger partial charge in [-0.15, -0.1) is 0 Å². The van der Waals surface area contributed by atoms with Crippen LogP contribution in [0.1, 0.15) is 33.3 Å². The largest absolute Gasteiger partial charge is 0.514 e. The number of fused-ring (bicyclic) bond motifs is 1. The van der Waals surface area contributed by atoms with Gasteiger partial charge in [-0.05, 0) is 50.6 Å². The number of piperazine rings is 1. The molecular formula is C26H32N3O6S+. The molecule has 0 radical (unpaired) electrons. The van der Waals surface area contributed by atoms with Gasteiger partial charge in [0.15, 0.2) is 0 Å². The van der Waals surface area contributed by atoms with Gasteiger partial charge in [0.2, 0.25) is 5.54 Å². The maximum Gasteiger partial charge on any atom is 0.514 e. The zero-order valence-corrected chi connectivity index (χ0v) is 21.7. The smallest absolute Gasteiger partial charge is 0.477 e. The zero-order valence-electron chi connectivity index (χ0n) is 20.9. The first kappa shape index (κ1) is 25.9. The summed E-state index contributed by atoms with van der Waals surface area (Å²) in [6.45, 7) is 7.68. The normalized spacial score (nSPS) is 23.6. The molecule has 1 aromatic heterocycles. The lowest BCUT2D eigenvalue weighted by molar-refractivity contribution is -0.945. The number of rotatable bonds is 5. The van der Waals surface area contributed by atoms with Crippen LogP contribution < -0.4 is 0 Å². The molecule has 9 nitrogen and oxygen atoms in total. The predicted octanol–water partition coefficient (Wildman–Crippen LogP) is 3.83. The van der Waals surface area contributed by atoms with Gasteiger partial charge in [0, 0.05) is 31.6 Å². The number of nitrogens with zero attached hydrogens (tertiary/aromatic N) is 3. The molecule has 4 rings (SSSR count). The molecule has 2 heterocycles. The summed E-state index contributed by atoms with van der Waals surface area (Å²) >= 11 is 0. The summed E-state index contributed by atoms with van der Waals surface area (Å²) in [5, 5.41) is 21.2. The molecule has 1 amide bonds. The molecule has 192 valence electrons. The molecule has 36 heavy (non-hydrogen) atoms. The third-order valence-electron chi connectivity index (χ3n) is 7.54. The fourth-order valence-electron chi connectivity index (χ4n) is 5.71. The summed E-state index contributed by atoms with van der Waals surface area (Å²) in [6.07, 6.45) is 0.373. The average molecular weight is 515 g/mol. The van der Waals surface area contributed by atoms with E-state index in [0.29, 0.717) is 18.6 Å². The molecule has 1 saturated heterocycles. The monoisotopic (exact) mass is 514 g/mol. The standard InChI is InChI=1S/C26H31N3O6S/c1-25(2,3)29(24(32)33)16-15-27(18-26(29,4)23(30)31)17-19-9-8-12-22-21(19)13-14-28(22)36(34,35)20-10-6-5-7-11-20/h5-14H,15-18H2,1-4H3,(H-,30,31,32,33)/p+1. The summed E-state index contributed by atoms with van der Waals surface area (Å²) in [7, 11) is -3.79. The molecule has 1 aliphatic rings. The Kier molecular flexibility index (Phi) is 6.27. The van der Waals surface area contributed by atoms with Crippen molar-refractivity contribution in [2.75, 3.05) is 19.6 Å². The molecule has 2 N–H and O–H groups in total. The van der Waals surface area contributed by atoms with Crippen molar-refractivity contribution >= 4 is 33.0 Å². The fourth-order valence-corrected chi connectivity index (χ4v) is 7.08. The summed E-state index contributed by atoms with van der Waals surface area (Å²) in [5.74, 6) is -1.16. The van der Waals surface area contributed by atoms with E-state index >= 15 is 0 Å². The maximum atomic E-state index is 13.2. The van der Waals surface area contributed by atoms with Crippen molar-refractivity contribution in [2.45, 2.75) is 50.2 Å². The second kappa shape index (κ2) is 8.72. The highest BCUT2D eigenvalue weighted by Crippen LogP contribution is 2.40. The lowest BCUT2D eigenvalue weighted by Gasteiger charge is -2.56. The molecule has 3 aromatic rings. The number of hydrogen-bond donors (Lipinski definition) is 2. The highest BCUT2D eigenvalue weighted by atomic mass is 32.2. The number of carboxylic acids is 1. The Balaban J connectivity index is 1.70. The van der Waals surface area contributed by atoms with Gasteiger partial charge < -0.3 is 10.2 Å². The van der Waals surface area contributed by atoms with Crippen LogP contribution in [-0.2, 0) is 21.4 Å². The van der Waals surface area contributed by atoms with Gasteiger partial charge in [-0.3, -0.25) is 4.90 Å². The topological polar surface area (TPSA) is 117 Å². The van der Waals surface area contributed by atoms with Crippen LogP contribution in [0.25, 0.3) is 10.9 Å². The van der Waals surface area contributed by atoms with Gasteiger partial charge in [0.05, 0.1) is 17.0 Å². The van der Waals surface area contributed by atoms with E-state index in [1.165, 1.54) is 17.1 Å². The summed E-state index contributed by atoms with van der Waals surface area (Å²) in [4.78, 5) is 27.2. The van der Waals surface area contributed by atoms with Crippen LogP contribution >= 0.6 is 0 Å². The van der Waals surface area contributed by atoms with Crippen LogP contribution in [0.15, 0.2) is 65.7 Å². The molecule has 10 heteroatoms. The van der Waals surface area contributed by atoms with Gasteiger partial charge in [-0.25, -0.2) is 21.7 Å². The van der Waals surface area contributed by atoms with E-state index in [-0.39, 0.29) is 18.0 Å². The Bertz CT molecular complexity index is 1430. The molecule has 0 aliphatic carbocycles. The van der Waals surface area contributed by atoms with Crippen LogP contribution in [0.5, 0.6) is 0 Å². The van der Waals surface area contributed by atoms with E-state index < -0.39 is 37.6 Å². The molecular weight excluding hydrogens is 482 g/mol. The van der Waals surface area contributed by atoms with Crippen molar-refractivity contribution < 1.29 is 32.7 Å². The summed E-state index contributed by atoms with van der Waals surface area (Å²) in [6, 6.07) is 15.4. The quantitative estimate of drug-likeness (QED) is 0.497. The van der Waals surface area contributed by atoms with E-state index in [1.54, 1.807) is 69.3 Å². The first-order valence-corrected chi connectivity index (χ1v) is 13.2. The average Bonchev–Trinajstić information content (AvgIpc) is 3.25. The first-order chi connectivity index (χ1) is 16.8. The second-order valence-electron chi connectivity index (χ2n) is 10.6. The van der Waals surface area contributed by atoms with Gasteiger partial charge in [-0.2, -0.15) is 4.79 Å². The van der Waals surface area contributed by atoms with Gasteiger partial charge in [0.1, 0.15) is 12.1 Å². The van der Waals surface area contributed by atoms with Gasteiger partial charge in [0.25, 0.3) is 10.0 Å². The molecule has 2 unspecified atom stereocenters. The van der Waals surface area contributed by atoms with E-state index in [1.807, 2.05) is 11.0 Å². The molecule has 1 aliphatic heterocycles. The van der Waals surface area contributed by atoms with Crippen LogP contribution in [0.3, 0.4) is 0 Å². The lowest BCUT2D eigenvalue weighted by Crippen LogP contribution is -2.82. The van der Waals surface area contributed by atoms with Crippen LogP contribution in [-0.4, -0.2) is 74.8 Å². The minimum Gasteiger partial charge on any atom is -0.477 e. The second-order valence-corrected chi connectivity index (χ2v) is 12.4. The maximum absolute atomic E-state index is 13.2. The number of benzene rings is 2. The van der Waals surface area contributed by atoms with Crippen LogP contribution in [0, 0.1) is 0 Å². The highest BCUT2D eigenvalue weighted by Gasteiger charge is 2.66. The van der Waals surface area contributed by atoms with E-state index in [0.717, 1.165) is 10.9 Å². The predicted molar refractivity (Wildman–Crippen MR) is 135 cm³/mol. The Morgan fingerprint density at radius 1 is 1.03 bits per heavy atom. The Morgan fingerprint density at radius 3 is 2.28 bits per heavy atom. The number of amides is 1. The Labute approximate surface area is 210 Å². The minimum atomic E-state index is -3.79. The molecule has 1 fully saturated rings. The van der Waals surface area contributed by atoms with Crippen molar-refractivity contribution in [3.63, 3.8) is 0 Å².